The minimum Gasteiger partial charge on any atom is -0.0651 e. The van der Waals surface area contributed by atoms with E-state index in [0.717, 1.165) is 11.8 Å². The highest BCUT2D eigenvalue weighted by atomic mass is 14.6. The molecule has 16 heavy (non-hydrogen) atoms. The van der Waals surface area contributed by atoms with Crippen molar-refractivity contribution in [2.24, 2.45) is 22.7 Å². The van der Waals surface area contributed by atoms with Crippen LogP contribution >= 0.6 is 0 Å². The largest absolute Gasteiger partial charge is 0.0651 e. The molecule has 3 atom stereocenters. The highest BCUT2D eigenvalue weighted by Gasteiger charge is 2.52. The van der Waals surface area contributed by atoms with Gasteiger partial charge >= 0.3 is 0 Å². The van der Waals surface area contributed by atoms with E-state index in [2.05, 4.69) is 41.5 Å². The molecule has 1 aliphatic rings. The molecule has 1 fully saturated rings. The fraction of sp³-hybridized carbons (Fsp3) is 1.00. The normalized spacial score (nSPS) is 31.5. The van der Waals surface area contributed by atoms with Crippen LogP contribution in [0.4, 0.5) is 0 Å². The van der Waals surface area contributed by atoms with Crippen LogP contribution in [0.1, 0.15) is 80.1 Å². The van der Waals surface area contributed by atoms with Crippen LogP contribution in [0.2, 0.25) is 0 Å². The highest BCUT2D eigenvalue weighted by molar-refractivity contribution is 5.01. The van der Waals surface area contributed by atoms with Gasteiger partial charge in [-0.2, -0.15) is 0 Å². The van der Waals surface area contributed by atoms with E-state index in [0.29, 0.717) is 10.8 Å². The molecule has 0 nitrogen and oxygen atoms in total. The first-order chi connectivity index (χ1) is 7.41. The Labute approximate surface area is 103 Å². The van der Waals surface area contributed by atoms with E-state index in [1.54, 1.807) is 0 Å². The Hall–Kier alpha value is 0. The lowest BCUT2D eigenvalue weighted by Gasteiger charge is -2.27. The van der Waals surface area contributed by atoms with Crippen LogP contribution in [0, 0.1) is 22.7 Å². The van der Waals surface area contributed by atoms with Gasteiger partial charge in [0, 0.05) is 0 Å². The summed E-state index contributed by atoms with van der Waals surface area (Å²) in [6.07, 6.45) is 8.44. The van der Waals surface area contributed by atoms with E-state index in [4.69, 9.17) is 0 Å². The minimum atomic E-state index is 0.610. The zero-order valence-electron chi connectivity index (χ0n) is 12.4. The van der Waals surface area contributed by atoms with Crippen LogP contribution < -0.4 is 0 Å². The van der Waals surface area contributed by atoms with Crippen LogP contribution in [0.15, 0.2) is 0 Å². The quantitative estimate of drug-likeness (QED) is 0.523. The van der Waals surface area contributed by atoms with Crippen molar-refractivity contribution >= 4 is 0 Å². The lowest BCUT2D eigenvalue weighted by atomic mass is 9.78. The van der Waals surface area contributed by atoms with Crippen molar-refractivity contribution in [3.8, 4) is 0 Å². The molecule has 1 aliphatic carbocycles. The van der Waals surface area contributed by atoms with Crippen molar-refractivity contribution in [1.82, 2.24) is 0 Å². The standard InChI is InChI=1S/C16H32/c1-7-13(4)16(6)12-14(16)10-11-15(5,8-2)9-3/h13-14H,7-12H2,1-6H3. The van der Waals surface area contributed by atoms with Crippen LogP contribution in [0.5, 0.6) is 0 Å². The number of hydrogen-bond donors (Lipinski definition) is 0. The van der Waals surface area contributed by atoms with Gasteiger partial charge in [0.15, 0.2) is 0 Å². The lowest BCUT2D eigenvalue weighted by molar-refractivity contribution is 0.240. The fourth-order valence-corrected chi connectivity index (χ4v) is 3.10. The monoisotopic (exact) mass is 224 g/mol. The van der Waals surface area contributed by atoms with E-state index in [1.165, 1.54) is 38.5 Å². The Morgan fingerprint density at radius 3 is 2.25 bits per heavy atom. The molecule has 0 amide bonds. The van der Waals surface area contributed by atoms with Crippen molar-refractivity contribution in [3.63, 3.8) is 0 Å². The highest BCUT2D eigenvalue weighted by Crippen LogP contribution is 2.61. The molecule has 1 saturated carbocycles. The van der Waals surface area contributed by atoms with Crippen molar-refractivity contribution in [2.45, 2.75) is 80.1 Å². The minimum absolute atomic E-state index is 0.610. The van der Waals surface area contributed by atoms with Gasteiger partial charge in [0.05, 0.1) is 0 Å². The zero-order valence-corrected chi connectivity index (χ0v) is 12.4. The van der Waals surface area contributed by atoms with E-state index >= 15 is 0 Å². The summed E-state index contributed by atoms with van der Waals surface area (Å²) in [5.41, 5.74) is 1.30. The van der Waals surface area contributed by atoms with E-state index in [9.17, 15) is 0 Å². The molecule has 0 spiro atoms. The first-order valence-electron chi connectivity index (χ1n) is 7.41. The summed E-state index contributed by atoms with van der Waals surface area (Å²) in [5, 5.41) is 0. The van der Waals surface area contributed by atoms with E-state index in [1.807, 2.05) is 0 Å². The summed E-state index contributed by atoms with van der Waals surface area (Å²) in [6, 6.07) is 0. The van der Waals surface area contributed by atoms with Gasteiger partial charge in [-0.1, -0.05) is 60.8 Å². The third kappa shape index (κ3) is 2.81. The molecule has 0 aromatic heterocycles. The molecule has 0 heterocycles. The summed E-state index contributed by atoms with van der Waals surface area (Å²) < 4.78 is 0. The second-order valence-electron chi connectivity index (χ2n) is 6.77. The zero-order chi connectivity index (χ0) is 12.4. The molecule has 0 aromatic rings. The fourth-order valence-electron chi connectivity index (χ4n) is 3.10. The molecule has 0 aliphatic heterocycles. The summed E-state index contributed by atoms with van der Waals surface area (Å²) >= 11 is 0. The van der Waals surface area contributed by atoms with Crippen LogP contribution in [0.25, 0.3) is 0 Å². The van der Waals surface area contributed by atoms with Gasteiger partial charge in [0.25, 0.3) is 0 Å². The van der Waals surface area contributed by atoms with Crippen molar-refractivity contribution in [3.05, 3.63) is 0 Å². The summed E-state index contributed by atoms with van der Waals surface area (Å²) in [6.45, 7) is 14.5. The van der Waals surface area contributed by atoms with E-state index in [-0.39, 0.29) is 0 Å². The van der Waals surface area contributed by atoms with Crippen molar-refractivity contribution in [1.29, 1.82) is 0 Å². The second kappa shape index (κ2) is 5.10. The van der Waals surface area contributed by atoms with Crippen LogP contribution in [-0.2, 0) is 0 Å². The summed E-state index contributed by atoms with van der Waals surface area (Å²) in [4.78, 5) is 0. The molecule has 0 bridgehead atoms. The maximum atomic E-state index is 2.51. The van der Waals surface area contributed by atoms with Gasteiger partial charge in [-0.15, -0.1) is 0 Å². The maximum Gasteiger partial charge on any atom is -0.0269 e. The van der Waals surface area contributed by atoms with Gasteiger partial charge in [-0.3, -0.25) is 0 Å². The van der Waals surface area contributed by atoms with Gasteiger partial charge in [0.1, 0.15) is 0 Å². The van der Waals surface area contributed by atoms with Crippen molar-refractivity contribution in [2.75, 3.05) is 0 Å². The Balaban J connectivity index is 2.37. The molecule has 3 unspecified atom stereocenters. The topological polar surface area (TPSA) is 0 Å². The van der Waals surface area contributed by atoms with Gasteiger partial charge in [0.2, 0.25) is 0 Å². The molecule has 1 rings (SSSR count). The Morgan fingerprint density at radius 2 is 1.81 bits per heavy atom. The molecule has 0 heteroatoms. The molecule has 0 N–H and O–H groups in total. The molecule has 0 saturated heterocycles. The maximum absolute atomic E-state index is 2.51. The lowest BCUT2D eigenvalue weighted by Crippen LogP contribution is -2.16. The summed E-state index contributed by atoms with van der Waals surface area (Å²) in [5.74, 6) is 1.95. The predicted molar refractivity (Wildman–Crippen MR) is 73.6 cm³/mol. The average Bonchev–Trinajstić information content (AvgIpc) is 2.98. The Bertz CT molecular complexity index is 214. The smallest absolute Gasteiger partial charge is 0.0269 e. The number of hydrogen-bond acceptors (Lipinski definition) is 0. The Kier molecular flexibility index (Phi) is 4.49. The molecule has 0 radical (unpaired) electrons. The SMILES string of the molecule is CCC(C)C1(C)CC1CCC(C)(CC)CC. The molecular weight excluding hydrogens is 192 g/mol. The molecule has 0 aromatic carbocycles. The number of rotatable bonds is 7. The molecular formula is C16H32. The van der Waals surface area contributed by atoms with Gasteiger partial charge in [-0.05, 0) is 41.9 Å². The van der Waals surface area contributed by atoms with Gasteiger partial charge in [-0.25, -0.2) is 0 Å². The first kappa shape index (κ1) is 14.1. The Morgan fingerprint density at radius 1 is 1.25 bits per heavy atom. The third-order valence-corrected chi connectivity index (χ3v) is 6.00. The van der Waals surface area contributed by atoms with Crippen LogP contribution in [-0.4, -0.2) is 0 Å². The van der Waals surface area contributed by atoms with Gasteiger partial charge < -0.3 is 0 Å². The second-order valence-corrected chi connectivity index (χ2v) is 6.77. The van der Waals surface area contributed by atoms with Crippen molar-refractivity contribution < 1.29 is 0 Å². The van der Waals surface area contributed by atoms with E-state index < -0.39 is 0 Å². The summed E-state index contributed by atoms with van der Waals surface area (Å²) in [7, 11) is 0. The third-order valence-electron chi connectivity index (χ3n) is 6.00. The first-order valence-corrected chi connectivity index (χ1v) is 7.41. The molecule has 96 valence electrons. The predicted octanol–water partition coefficient (Wildman–Crippen LogP) is 5.67. The average molecular weight is 224 g/mol. The van der Waals surface area contributed by atoms with Crippen LogP contribution in [0.3, 0.4) is 0 Å².